The lowest BCUT2D eigenvalue weighted by atomic mass is 10.00. The second-order valence-electron chi connectivity index (χ2n) is 8.49. The molecule has 4 nitrogen and oxygen atoms in total. The summed E-state index contributed by atoms with van der Waals surface area (Å²) in [4.78, 5) is 8.84. The van der Waals surface area contributed by atoms with Gasteiger partial charge in [-0.25, -0.2) is 13.8 Å². The minimum absolute atomic E-state index is 0.119. The molecule has 0 spiro atoms. The van der Waals surface area contributed by atoms with Crippen LogP contribution < -0.4 is 10.6 Å². The Balaban J connectivity index is 1.80. The van der Waals surface area contributed by atoms with Crippen LogP contribution in [-0.2, 0) is 12.5 Å². The fourth-order valence-corrected chi connectivity index (χ4v) is 4.22. The molecule has 0 amide bonds. The van der Waals surface area contributed by atoms with E-state index in [0.29, 0.717) is 24.5 Å². The number of likely N-dealkylation sites (N-methyl/N-ethyl adjacent to an activating group) is 1. The number of halogens is 2. The monoisotopic (exact) mass is 410 g/mol. The van der Waals surface area contributed by atoms with Gasteiger partial charge in [0.15, 0.2) is 0 Å². The van der Waals surface area contributed by atoms with Crippen molar-refractivity contribution < 1.29 is 8.78 Å². The van der Waals surface area contributed by atoms with Crippen LogP contribution in [0.25, 0.3) is 10.9 Å². The van der Waals surface area contributed by atoms with E-state index < -0.39 is 5.92 Å². The van der Waals surface area contributed by atoms with Gasteiger partial charge in [0.05, 0.1) is 5.52 Å². The van der Waals surface area contributed by atoms with Crippen LogP contribution in [0, 0.1) is 6.92 Å². The molecule has 158 valence electrons. The second-order valence-corrected chi connectivity index (χ2v) is 8.49. The van der Waals surface area contributed by atoms with E-state index in [1.807, 2.05) is 50.2 Å². The highest BCUT2D eigenvalue weighted by Crippen LogP contribution is 2.38. The molecule has 0 saturated carbocycles. The largest absolute Gasteiger partial charge is 0.352 e. The zero-order valence-corrected chi connectivity index (χ0v) is 17.7. The van der Waals surface area contributed by atoms with Crippen LogP contribution in [0.4, 0.5) is 14.6 Å². The van der Waals surface area contributed by atoms with Crippen LogP contribution >= 0.6 is 0 Å². The minimum Gasteiger partial charge on any atom is -0.352 e. The topological polar surface area (TPSA) is 45.4 Å². The van der Waals surface area contributed by atoms with E-state index in [2.05, 4.69) is 11.0 Å². The second kappa shape index (κ2) is 7.93. The molecular formula is C24H28F2N4. The summed E-state index contributed by atoms with van der Waals surface area (Å²) in [7, 11) is 3.98. The summed E-state index contributed by atoms with van der Waals surface area (Å²) in [5.41, 5.74) is 10.3. The Morgan fingerprint density at radius 3 is 2.70 bits per heavy atom. The SMILES string of the molecule is Cc1ccc2nc(N3CCC(F)(F)c4ccccc4C3)cc(C(N)CN(C)C)c2c1. The quantitative estimate of drug-likeness (QED) is 0.682. The molecule has 2 N–H and O–H groups in total. The number of alkyl halides is 2. The van der Waals surface area contributed by atoms with Crippen molar-refractivity contribution in [2.75, 3.05) is 32.1 Å². The van der Waals surface area contributed by atoms with Crippen molar-refractivity contribution in [1.29, 1.82) is 0 Å². The first kappa shape index (κ1) is 20.7. The summed E-state index contributed by atoms with van der Waals surface area (Å²) in [5.74, 6) is -2.15. The molecule has 4 rings (SSSR count). The van der Waals surface area contributed by atoms with Crippen molar-refractivity contribution in [1.82, 2.24) is 9.88 Å². The number of hydrogen-bond acceptors (Lipinski definition) is 4. The Bertz CT molecular complexity index is 1060. The average molecular weight is 411 g/mol. The number of aromatic nitrogens is 1. The van der Waals surface area contributed by atoms with E-state index in [1.54, 1.807) is 12.1 Å². The van der Waals surface area contributed by atoms with Crippen molar-refractivity contribution >= 4 is 16.7 Å². The van der Waals surface area contributed by atoms with Gasteiger partial charge < -0.3 is 15.5 Å². The van der Waals surface area contributed by atoms with E-state index in [0.717, 1.165) is 22.0 Å². The first-order valence-corrected chi connectivity index (χ1v) is 10.3. The summed E-state index contributed by atoms with van der Waals surface area (Å²) in [6.45, 7) is 3.36. The predicted molar refractivity (Wildman–Crippen MR) is 118 cm³/mol. The van der Waals surface area contributed by atoms with Crippen LogP contribution in [-0.4, -0.2) is 37.1 Å². The third kappa shape index (κ3) is 4.02. The van der Waals surface area contributed by atoms with Crippen molar-refractivity contribution in [3.8, 4) is 0 Å². The number of nitrogens with two attached hydrogens (primary N) is 1. The molecule has 1 aromatic heterocycles. The summed E-state index contributed by atoms with van der Waals surface area (Å²) in [6, 6.07) is 14.7. The highest BCUT2D eigenvalue weighted by molar-refractivity contribution is 5.85. The lowest BCUT2D eigenvalue weighted by Gasteiger charge is -2.25. The number of anilines is 1. The Labute approximate surface area is 176 Å². The van der Waals surface area contributed by atoms with E-state index in [1.165, 1.54) is 6.07 Å². The molecule has 1 aliphatic rings. The van der Waals surface area contributed by atoms with Gasteiger partial charge in [0, 0.05) is 43.0 Å². The van der Waals surface area contributed by atoms with Crippen molar-refractivity contribution in [2.24, 2.45) is 5.73 Å². The van der Waals surface area contributed by atoms with Crippen LogP contribution in [0.3, 0.4) is 0 Å². The molecule has 0 saturated heterocycles. The number of benzene rings is 2. The third-order valence-corrected chi connectivity index (χ3v) is 5.74. The lowest BCUT2D eigenvalue weighted by Crippen LogP contribution is -2.28. The Hall–Kier alpha value is -2.57. The van der Waals surface area contributed by atoms with Crippen LogP contribution in [0.5, 0.6) is 0 Å². The molecule has 1 unspecified atom stereocenters. The maximum absolute atomic E-state index is 14.7. The molecule has 6 heteroatoms. The number of pyridine rings is 1. The smallest absolute Gasteiger partial charge is 0.275 e. The third-order valence-electron chi connectivity index (χ3n) is 5.74. The summed E-state index contributed by atoms with van der Waals surface area (Å²) in [6.07, 6.45) is -0.239. The van der Waals surface area contributed by atoms with Crippen LogP contribution in [0.1, 0.15) is 34.7 Å². The molecular weight excluding hydrogens is 382 g/mol. The molecule has 2 heterocycles. The van der Waals surface area contributed by atoms with Crippen LogP contribution in [0.2, 0.25) is 0 Å². The maximum Gasteiger partial charge on any atom is 0.275 e. The Morgan fingerprint density at radius 1 is 1.17 bits per heavy atom. The highest BCUT2D eigenvalue weighted by atomic mass is 19.3. The molecule has 30 heavy (non-hydrogen) atoms. The van der Waals surface area contributed by atoms with Gasteiger partial charge in [-0.15, -0.1) is 0 Å². The van der Waals surface area contributed by atoms with Gasteiger partial charge in [-0.2, -0.15) is 0 Å². The molecule has 1 aliphatic heterocycles. The molecule has 3 aromatic rings. The number of fused-ring (bicyclic) bond motifs is 2. The van der Waals surface area contributed by atoms with E-state index in [9.17, 15) is 8.78 Å². The summed E-state index contributed by atoms with van der Waals surface area (Å²) in [5, 5.41) is 1.02. The first-order chi connectivity index (χ1) is 14.2. The minimum atomic E-state index is -2.84. The zero-order chi connectivity index (χ0) is 21.5. The Kier molecular flexibility index (Phi) is 5.47. The number of nitrogens with zero attached hydrogens (tertiary/aromatic N) is 3. The predicted octanol–water partition coefficient (Wildman–Crippen LogP) is 4.61. The fourth-order valence-electron chi connectivity index (χ4n) is 4.22. The van der Waals surface area contributed by atoms with Crippen molar-refractivity contribution in [3.05, 3.63) is 70.8 Å². The summed E-state index contributed by atoms with van der Waals surface area (Å²) < 4.78 is 29.4. The lowest BCUT2D eigenvalue weighted by molar-refractivity contribution is -0.00967. The molecule has 0 bridgehead atoms. The van der Waals surface area contributed by atoms with Gasteiger partial charge in [0.1, 0.15) is 5.82 Å². The standard InChI is InChI=1S/C24H28F2N4/c1-16-8-9-22-19(12-16)18(21(27)15-29(2)3)13-23(28-22)30-11-10-24(25,26)20-7-5-4-6-17(20)14-30/h4-9,12-13,21H,10-11,14-15,27H2,1-3H3. The van der Waals surface area contributed by atoms with E-state index >= 15 is 0 Å². The fraction of sp³-hybridized carbons (Fsp3) is 0.375. The maximum atomic E-state index is 14.7. The molecule has 2 aromatic carbocycles. The van der Waals surface area contributed by atoms with Crippen molar-refractivity contribution in [2.45, 2.75) is 31.9 Å². The van der Waals surface area contributed by atoms with Gasteiger partial charge in [-0.3, -0.25) is 0 Å². The highest BCUT2D eigenvalue weighted by Gasteiger charge is 2.37. The number of aryl methyl sites for hydroxylation is 1. The van der Waals surface area contributed by atoms with Gasteiger partial charge in [0.2, 0.25) is 0 Å². The first-order valence-electron chi connectivity index (χ1n) is 10.3. The van der Waals surface area contributed by atoms with Gasteiger partial charge in [0.25, 0.3) is 5.92 Å². The zero-order valence-electron chi connectivity index (χ0n) is 17.7. The van der Waals surface area contributed by atoms with Gasteiger partial charge in [-0.05, 0) is 50.3 Å². The molecule has 0 radical (unpaired) electrons. The van der Waals surface area contributed by atoms with Gasteiger partial charge >= 0.3 is 0 Å². The average Bonchev–Trinajstić information content (AvgIpc) is 2.83. The Morgan fingerprint density at radius 2 is 1.93 bits per heavy atom. The summed E-state index contributed by atoms with van der Waals surface area (Å²) >= 11 is 0. The van der Waals surface area contributed by atoms with Crippen molar-refractivity contribution in [3.63, 3.8) is 0 Å². The van der Waals surface area contributed by atoms with Crippen LogP contribution in [0.15, 0.2) is 48.5 Å². The molecule has 0 aliphatic carbocycles. The molecule has 0 fully saturated rings. The number of rotatable bonds is 4. The normalized spacial score (nSPS) is 17.1. The van der Waals surface area contributed by atoms with E-state index in [4.69, 9.17) is 10.7 Å². The molecule has 1 atom stereocenters. The van der Waals surface area contributed by atoms with Gasteiger partial charge in [-0.1, -0.05) is 35.9 Å². The van der Waals surface area contributed by atoms with E-state index in [-0.39, 0.29) is 24.6 Å². The number of hydrogen-bond donors (Lipinski definition) is 1.